The number of nitrogens with zero attached hydrogens (tertiary/aromatic N) is 2. The Balaban J connectivity index is 2.53. The Hall–Kier alpha value is -1.52. The zero-order valence-electron chi connectivity index (χ0n) is 9.19. The van der Waals surface area contributed by atoms with Crippen LogP contribution >= 0.6 is 0 Å². The molecule has 0 atom stereocenters. The first-order valence-corrected chi connectivity index (χ1v) is 5.06. The number of aromatic nitrogens is 2. The van der Waals surface area contributed by atoms with Crippen LogP contribution in [-0.4, -0.2) is 23.7 Å². The zero-order valence-corrected chi connectivity index (χ0v) is 9.19. The van der Waals surface area contributed by atoms with Gasteiger partial charge < -0.3 is 15.2 Å². The molecule has 0 saturated carbocycles. The Kier molecular flexibility index (Phi) is 4.66. The highest BCUT2D eigenvalue weighted by Crippen LogP contribution is 2.25. The van der Waals surface area contributed by atoms with Crippen LogP contribution in [0.25, 0.3) is 0 Å². The molecule has 0 fully saturated rings. The number of nitrogen functional groups attached to an aromatic ring is 1. The maximum atomic E-state index is 5.73. The Morgan fingerprint density at radius 2 is 2.00 bits per heavy atom. The molecule has 0 radical (unpaired) electrons. The van der Waals surface area contributed by atoms with Gasteiger partial charge in [0.05, 0.1) is 13.7 Å². The minimum atomic E-state index is 0.357. The Bertz CT molecular complexity index is 305. The van der Waals surface area contributed by atoms with Gasteiger partial charge in [-0.05, 0) is 6.42 Å². The molecule has 0 saturated heterocycles. The lowest BCUT2D eigenvalue weighted by Crippen LogP contribution is -2.04. The minimum absolute atomic E-state index is 0.357. The summed E-state index contributed by atoms with van der Waals surface area (Å²) >= 11 is 0. The van der Waals surface area contributed by atoms with Crippen molar-refractivity contribution in [1.29, 1.82) is 0 Å². The molecule has 5 heteroatoms. The van der Waals surface area contributed by atoms with Gasteiger partial charge in [0.15, 0.2) is 5.69 Å². The summed E-state index contributed by atoms with van der Waals surface area (Å²) in [4.78, 5) is 7.81. The van der Waals surface area contributed by atoms with Crippen LogP contribution < -0.4 is 15.2 Å². The normalized spacial score (nSPS) is 10.0. The van der Waals surface area contributed by atoms with E-state index in [0.29, 0.717) is 24.1 Å². The van der Waals surface area contributed by atoms with Gasteiger partial charge in [0.2, 0.25) is 11.8 Å². The fraction of sp³-hybridized carbons (Fsp3) is 0.600. The second-order valence-electron chi connectivity index (χ2n) is 3.16. The molecule has 5 nitrogen and oxygen atoms in total. The van der Waals surface area contributed by atoms with Crippen LogP contribution in [0.4, 0.5) is 5.69 Å². The van der Waals surface area contributed by atoms with Crippen LogP contribution in [-0.2, 0) is 0 Å². The summed E-state index contributed by atoms with van der Waals surface area (Å²) in [5, 5.41) is 0. The van der Waals surface area contributed by atoms with E-state index >= 15 is 0 Å². The Morgan fingerprint density at radius 3 is 2.67 bits per heavy atom. The number of anilines is 1. The van der Waals surface area contributed by atoms with E-state index in [1.807, 2.05) is 0 Å². The van der Waals surface area contributed by atoms with Crippen LogP contribution in [0.3, 0.4) is 0 Å². The van der Waals surface area contributed by atoms with Crippen molar-refractivity contribution in [3.05, 3.63) is 6.33 Å². The van der Waals surface area contributed by atoms with E-state index < -0.39 is 0 Å². The van der Waals surface area contributed by atoms with E-state index in [9.17, 15) is 0 Å². The van der Waals surface area contributed by atoms with E-state index in [2.05, 4.69) is 16.9 Å². The van der Waals surface area contributed by atoms with Crippen molar-refractivity contribution in [2.45, 2.75) is 26.2 Å². The van der Waals surface area contributed by atoms with E-state index in [4.69, 9.17) is 15.2 Å². The highest BCUT2D eigenvalue weighted by molar-refractivity contribution is 5.55. The van der Waals surface area contributed by atoms with Gasteiger partial charge in [0, 0.05) is 0 Å². The van der Waals surface area contributed by atoms with Gasteiger partial charge in [0.25, 0.3) is 0 Å². The predicted octanol–water partition coefficient (Wildman–Crippen LogP) is 1.64. The van der Waals surface area contributed by atoms with Crippen molar-refractivity contribution in [3.63, 3.8) is 0 Å². The molecule has 2 N–H and O–H groups in total. The molecule has 84 valence electrons. The molecule has 1 aromatic heterocycles. The summed E-state index contributed by atoms with van der Waals surface area (Å²) in [5.41, 5.74) is 6.09. The van der Waals surface area contributed by atoms with Crippen molar-refractivity contribution < 1.29 is 9.47 Å². The number of unbranched alkanes of at least 4 members (excludes halogenated alkanes) is 2. The van der Waals surface area contributed by atoms with E-state index in [1.54, 1.807) is 0 Å². The van der Waals surface area contributed by atoms with E-state index in [0.717, 1.165) is 19.3 Å². The molecule has 0 aliphatic heterocycles. The zero-order chi connectivity index (χ0) is 11.1. The smallest absolute Gasteiger partial charge is 0.244 e. The second-order valence-corrected chi connectivity index (χ2v) is 3.16. The van der Waals surface area contributed by atoms with Gasteiger partial charge in [-0.25, -0.2) is 0 Å². The fourth-order valence-electron chi connectivity index (χ4n) is 1.16. The average Bonchev–Trinajstić information content (AvgIpc) is 2.26. The average molecular weight is 211 g/mol. The van der Waals surface area contributed by atoms with E-state index in [-0.39, 0.29) is 0 Å². The second kappa shape index (κ2) is 6.06. The van der Waals surface area contributed by atoms with Gasteiger partial charge in [0.1, 0.15) is 6.33 Å². The van der Waals surface area contributed by atoms with Crippen molar-refractivity contribution in [3.8, 4) is 11.8 Å². The first-order chi connectivity index (χ1) is 7.29. The highest BCUT2D eigenvalue weighted by atomic mass is 16.5. The molecule has 0 bridgehead atoms. The van der Waals surface area contributed by atoms with Crippen molar-refractivity contribution in [2.24, 2.45) is 0 Å². The van der Waals surface area contributed by atoms with Crippen LogP contribution in [0.1, 0.15) is 26.2 Å². The first-order valence-electron chi connectivity index (χ1n) is 5.06. The third-order valence-corrected chi connectivity index (χ3v) is 1.99. The van der Waals surface area contributed by atoms with Crippen LogP contribution in [0.2, 0.25) is 0 Å². The number of rotatable bonds is 6. The summed E-state index contributed by atoms with van der Waals surface area (Å²) in [6, 6.07) is 0. The summed E-state index contributed by atoms with van der Waals surface area (Å²) in [5.74, 6) is 0.758. The quantitative estimate of drug-likeness (QED) is 0.724. The molecule has 1 aromatic rings. The highest BCUT2D eigenvalue weighted by Gasteiger charge is 2.08. The van der Waals surface area contributed by atoms with Crippen LogP contribution in [0.5, 0.6) is 11.8 Å². The molecule has 0 aromatic carbocycles. The maximum Gasteiger partial charge on any atom is 0.244 e. The fourth-order valence-corrected chi connectivity index (χ4v) is 1.16. The van der Waals surface area contributed by atoms with Gasteiger partial charge >= 0.3 is 0 Å². The minimum Gasteiger partial charge on any atom is -0.479 e. The van der Waals surface area contributed by atoms with Gasteiger partial charge in [-0.3, -0.25) is 0 Å². The van der Waals surface area contributed by atoms with Crippen molar-refractivity contribution in [1.82, 2.24) is 9.97 Å². The van der Waals surface area contributed by atoms with Crippen molar-refractivity contribution in [2.75, 3.05) is 19.5 Å². The Labute approximate surface area is 89.6 Å². The summed E-state index contributed by atoms with van der Waals surface area (Å²) in [6.07, 6.45) is 4.68. The lowest BCUT2D eigenvalue weighted by molar-refractivity contribution is 0.293. The van der Waals surface area contributed by atoms with Crippen LogP contribution in [0, 0.1) is 0 Å². The lowest BCUT2D eigenvalue weighted by atomic mass is 10.3. The summed E-state index contributed by atoms with van der Waals surface area (Å²) in [7, 11) is 1.51. The molecule has 0 aliphatic carbocycles. The maximum absolute atomic E-state index is 5.73. The topological polar surface area (TPSA) is 70.3 Å². The molecular formula is C10H17N3O2. The molecule has 0 spiro atoms. The standard InChI is InChI=1S/C10H17N3O2/c1-3-4-5-6-15-10-8(11)9(14-2)12-7-13-10/h7H,3-6,11H2,1-2H3. The molecule has 0 unspecified atom stereocenters. The van der Waals surface area contributed by atoms with Gasteiger partial charge in [-0.15, -0.1) is 0 Å². The molecule has 1 heterocycles. The Morgan fingerprint density at radius 1 is 1.27 bits per heavy atom. The van der Waals surface area contributed by atoms with Gasteiger partial charge in [-0.2, -0.15) is 9.97 Å². The van der Waals surface area contributed by atoms with Gasteiger partial charge in [-0.1, -0.05) is 19.8 Å². The summed E-state index contributed by atoms with van der Waals surface area (Å²) < 4.78 is 10.4. The molecule has 1 rings (SSSR count). The first kappa shape index (κ1) is 11.6. The predicted molar refractivity (Wildman–Crippen MR) is 58.0 cm³/mol. The number of hydrogen-bond donors (Lipinski definition) is 1. The monoisotopic (exact) mass is 211 g/mol. The third-order valence-electron chi connectivity index (χ3n) is 1.99. The molecule has 15 heavy (non-hydrogen) atoms. The van der Waals surface area contributed by atoms with Crippen LogP contribution in [0.15, 0.2) is 6.33 Å². The summed E-state index contributed by atoms with van der Waals surface area (Å²) in [6.45, 7) is 2.76. The molecule has 0 aliphatic rings. The number of methoxy groups -OCH3 is 1. The number of nitrogens with two attached hydrogens (primary N) is 1. The third kappa shape index (κ3) is 3.27. The van der Waals surface area contributed by atoms with Crippen molar-refractivity contribution >= 4 is 5.69 Å². The van der Waals surface area contributed by atoms with E-state index in [1.165, 1.54) is 13.4 Å². The number of ether oxygens (including phenoxy) is 2. The lowest BCUT2D eigenvalue weighted by Gasteiger charge is -2.08. The molecule has 0 amide bonds. The largest absolute Gasteiger partial charge is 0.479 e. The molecular weight excluding hydrogens is 194 g/mol. The SMILES string of the molecule is CCCCCOc1ncnc(OC)c1N. The number of hydrogen-bond acceptors (Lipinski definition) is 5.